The van der Waals surface area contributed by atoms with E-state index < -0.39 is 5.54 Å². The first-order chi connectivity index (χ1) is 11.9. The van der Waals surface area contributed by atoms with E-state index >= 15 is 0 Å². The van der Waals surface area contributed by atoms with Crippen molar-refractivity contribution in [2.24, 2.45) is 0 Å². The van der Waals surface area contributed by atoms with Crippen LogP contribution in [0.3, 0.4) is 0 Å². The summed E-state index contributed by atoms with van der Waals surface area (Å²) in [6.07, 6.45) is 0. The zero-order valence-corrected chi connectivity index (χ0v) is 14.6. The molecule has 25 heavy (non-hydrogen) atoms. The maximum Gasteiger partial charge on any atom is 0.336 e. The number of methoxy groups -OCH3 is 2. The van der Waals surface area contributed by atoms with E-state index in [-0.39, 0.29) is 11.9 Å². The third-order valence-electron chi connectivity index (χ3n) is 4.33. The van der Waals surface area contributed by atoms with Gasteiger partial charge in [0.05, 0.1) is 19.9 Å². The van der Waals surface area contributed by atoms with Crippen molar-refractivity contribution >= 4 is 23.3 Å². The fourth-order valence-electron chi connectivity index (χ4n) is 2.92. The van der Waals surface area contributed by atoms with E-state index in [1.54, 1.807) is 76.6 Å². The average molecular weight is 340 g/mol. The summed E-state index contributed by atoms with van der Waals surface area (Å²) in [6, 6.07) is 13.5. The quantitative estimate of drug-likeness (QED) is 0.800. The number of urea groups is 1. The van der Waals surface area contributed by atoms with Crippen LogP contribution in [0, 0.1) is 0 Å². The van der Waals surface area contributed by atoms with Crippen LogP contribution in [-0.2, 0) is 4.79 Å². The molecule has 1 aliphatic rings. The summed E-state index contributed by atoms with van der Waals surface area (Å²) in [7, 11) is 3.14. The van der Waals surface area contributed by atoms with E-state index in [9.17, 15) is 9.59 Å². The first-order valence-corrected chi connectivity index (χ1v) is 7.87. The lowest BCUT2D eigenvalue weighted by molar-refractivity contribution is -0.120. The minimum atomic E-state index is -0.994. The standard InChI is InChI=1S/C19H20N2O4/c1-19(2)17(22)20(13-5-9-15(24-3)10-6-13)18(23)21(19)14-7-11-16(25-4)12-8-14/h5-12H,1-4H3. The molecule has 0 aromatic heterocycles. The van der Waals surface area contributed by atoms with Crippen LogP contribution < -0.4 is 19.3 Å². The molecule has 0 unspecified atom stereocenters. The van der Waals surface area contributed by atoms with E-state index in [0.29, 0.717) is 22.9 Å². The summed E-state index contributed by atoms with van der Waals surface area (Å²) in [5.74, 6) is 1.07. The molecule has 3 rings (SSSR count). The van der Waals surface area contributed by atoms with Crippen molar-refractivity contribution in [3.63, 3.8) is 0 Å². The van der Waals surface area contributed by atoms with Crippen molar-refractivity contribution in [2.45, 2.75) is 19.4 Å². The lowest BCUT2D eigenvalue weighted by atomic mass is 10.0. The topological polar surface area (TPSA) is 59.1 Å². The molecule has 2 aromatic rings. The zero-order chi connectivity index (χ0) is 18.2. The third-order valence-corrected chi connectivity index (χ3v) is 4.33. The SMILES string of the molecule is COc1ccc(N2C(=O)N(c3ccc(OC)cc3)C(C)(C)C2=O)cc1. The number of nitrogens with zero attached hydrogens (tertiary/aromatic N) is 2. The van der Waals surface area contributed by atoms with E-state index in [2.05, 4.69) is 0 Å². The van der Waals surface area contributed by atoms with Gasteiger partial charge >= 0.3 is 6.03 Å². The van der Waals surface area contributed by atoms with Crippen molar-refractivity contribution in [3.05, 3.63) is 48.5 Å². The second-order valence-electron chi connectivity index (χ2n) is 6.21. The fraction of sp³-hybridized carbons (Fsp3) is 0.263. The number of ether oxygens (including phenoxy) is 2. The summed E-state index contributed by atoms with van der Waals surface area (Å²) in [5, 5.41) is 0. The molecule has 1 saturated heterocycles. The van der Waals surface area contributed by atoms with Crippen molar-refractivity contribution in [1.82, 2.24) is 0 Å². The molecule has 1 heterocycles. The zero-order valence-electron chi connectivity index (χ0n) is 14.6. The van der Waals surface area contributed by atoms with Crippen LogP contribution in [0.15, 0.2) is 48.5 Å². The molecule has 0 saturated carbocycles. The maximum absolute atomic E-state index is 13.0. The van der Waals surface area contributed by atoms with Gasteiger partial charge in [0.25, 0.3) is 5.91 Å². The molecule has 2 aromatic carbocycles. The van der Waals surface area contributed by atoms with Crippen LogP contribution in [0.25, 0.3) is 0 Å². The van der Waals surface area contributed by atoms with Gasteiger partial charge in [-0.3, -0.25) is 9.69 Å². The average Bonchev–Trinajstić information content (AvgIpc) is 2.80. The Hall–Kier alpha value is -3.02. The highest BCUT2D eigenvalue weighted by Gasteiger charge is 2.52. The van der Waals surface area contributed by atoms with Gasteiger partial charge in [0.2, 0.25) is 0 Å². The Bertz CT molecular complexity index is 797. The van der Waals surface area contributed by atoms with E-state index in [1.165, 1.54) is 9.80 Å². The van der Waals surface area contributed by atoms with E-state index in [4.69, 9.17) is 9.47 Å². The van der Waals surface area contributed by atoms with Gasteiger partial charge in [-0.15, -0.1) is 0 Å². The highest BCUT2D eigenvalue weighted by Crippen LogP contribution is 2.36. The van der Waals surface area contributed by atoms with Gasteiger partial charge in [-0.2, -0.15) is 0 Å². The summed E-state index contributed by atoms with van der Waals surface area (Å²) in [5.41, 5.74) is 0.158. The fourth-order valence-corrected chi connectivity index (χ4v) is 2.92. The second-order valence-corrected chi connectivity index (χ2v) is 6.21. The van der Waals surface area contributed by atoms with Gasteiger partial charge in [0.15, 0.2) is 0 Å². The van der Waals surface area contributed by atoms with Crippen LogP contribution in [-0.4, -0.2) is 31.7 Å². The number of benzene rings is 2. The Morgan fingerprint density at radius 3 is 1.64 bits per heavy atom. The monoisotopic (exact) mass is 340 g/mol. The summed E-state index contributed by atoms with van der Waals surface area (Å²) in [4.78, 5) is 28.6. The van der Waals surface area contributed by atoms with Gasteiger partial charge in [0, 0.05) is 5.69 Å². The number of imide groups is 1. The molecule has 0 aliphatic carbocycles. The molecule has 1 aliphatic heterocycles. The summed E-state index contributed by atoms with van der Waals surface area (Å²) in [6.45, 7) is 3.47. The first kappa shape index (κ1) is 16.8. The van der Waals surface area contributed by atoms with Gasteiger partial charge in [-0.05, 0) is 62.4 Å². The molecule has 0 N–H and O–H groups in total. The molecule has 0 radical (unpaired) electrons. The van der Waals surface area contributed by atoms with Crippen molar-refractivity contribution in [2.75, 3.05) is 24.0 Å². The Kier molecular flexibility index (Phi) is 4.12. The first-order valence-electron chi connectivity index (χ1n) is 7.87. The molecule has 0 spiro atoms. The molecular formula is C19H20N2O4. The Morgan fingerprint density at radius 1 is 0.760 bits per heavy atom. The summed E-state index contributed by atoms with van der Waals surface area (Å²) >= 11 is 0. The number of anilines is 2. The van der Waals surface area contributed by atoms with E-state index in [0.717, 1.165) is 0 Å². The Morgan fingerprint density at radius 2 is 1.20 bits per heavy atom. The third kappa shape index (κ3) is 2.69. The largest absolute Gasteiger partial charge is 0.497 e. The molecule has 1 fully saturated rings. The lowest BCUT2D eigenvalue weighted by Gasteiger charge is -2.27. The number of rotatable bonds is 4. The van der Waals surface area contributed by atoms with Crippen LogP contribution in [0.2, 0.25) is 0 Å². The minimum absolute atomic E-state index is 0.279. The molecule has 0 bridgehead atoms. The number of hydrogen-bond acceptors (Lipinski definition) is 4. The normalized spacial score (nSPS) is 16.3. The molecular weight excluding hydrogens is 320 g/mol. The molecule has 0 atom stereocenters. The number of hydrogen-bond donors (Lipinski definition) is 0. The highest BCUT2D eigenvalue weighted by molar-refractivity contribution is 6.30. The van der Waals surface area contributed by atoms with Crippen LogP contribution >= 0.6 is 0 Å². The van der Waals surface area contributed by atoms with Gasteiger partial charge in [-0.25, -0.2) is 9.69 Å². The number of carbonyl (C=O) groups is 2. The van der Waals surface area contributed by atoms with Gasteiger partial charge in [-0.1, -0.05) is 0 Å². The smallest absolute Gasteiger partial charge is 0.336 e. The number of amides is 3. The molecule has 6 heteroatoms. The maximum atomic E-state index is 13.0. The van der Waals surface area contributed by atoms with Crippen LogP contribution in [0.1, 0.15) is 13.8 Å². The Labute approximate surface area is 146 Å². The minimum Gasteiger partial charge on any atom is -0.497 e. The van der Waals surface area contributed by atoms with E-state index in [1.807, 2.05) is 0 Å². The van der Waals surface area contributed by atoms with Gasteiger partial charge in [0.1, 0.15) is 17.0 Å². The van der Waals surface area contributed by atoms with Crippen LogP contribution in [0.5, 0.6) is 11.5 Å². The molecule has 3 amide bonds. The van der Waals surface area contributed by atoms with Crippen molar-refractivity contribution in [1.29, 1.82) is 0 Å². The Balaban J connectivity index is 2.00. The van der Waals surface area contributed by atoms with Crippen LogP contribution in [0.4, 0.5) is 16.2 Å². The highest BCUT2D eigenvalue weighted by atomic mass is 16.5. The second kappa shape index (κ2) is 6.12. The summed E-state index contributed by atoms with van der Waals surface area (Å²) < 4.78 is 10.3. The predicted molar refractivity (Wildman–Crippen MR) is 95.4 cm³/mol. The number of carbonyl (C=O) groups excluding carboxylic acids is 2. The predicted octanol–water partition coefficient (Wildman–Crippen LogP) is 3.46. The van der Waals surface area contributed by atoms with Crippen molar-refractivity contribution in [3.8, 4) is 11.5 Å². The lowest BCUT2D eigenvalue weighted by Crippen LogP contribution is -2.44. The van der Waals surface area contributed by atoms with Crippen molar-refractivity contribution < 1.29 is 19.1 Å². The van der Waals surface area contributed by atoms with Gasteiger partial charge < -0.3 is 9.47 Å². The molecule has 130 valence electrons. The molecule has 6 nitrogen and oxygen atoms in total.